The van der Waals surface area contributed by atoms with Gasteiger partial charge in [0.1, 0.15) is 0 Å². The van der Waals surface area contributed by atoms with Crippen molar-refractivity contribution in [3.05, 3.63) is 0 Å². The molecule has 0 aliphatic heterocycles. The molecular formula is C9H22N2. The Kier molecular flexibility index (Phi) is 4.69. The zero-order chi connectivity index (χ0) is 8.91. The third kappa shape index (κ3) is 7.82. The molecule has 0 aliphatic rings. The molecule has 0 saturated heterocycles. The van der Waals surface area contributed by atoms with Gasteiger partial charge in [0.25, 0.3) is 0 Å². The predicted octanol–water partition coefficient (Wildman–Crippen LogP) is 1.37. The van der Waals surface area contributed by atoms with Crippen LogP contribution in [0.3, 0.4) is 0 Å². The summed E-state index contributed by atoms with van der Waals surface area (Å²) in [7, 11) is 0. The fourth-order valence-corrected chi connectivity index (χ4v) is 0.880. The molecule has 0 bridgehead atoms. The van der Waals surface area contributed by atoms with Crippen LogP contribution in [-0.2, 0) is 0 Å². The van der Waals surface area contributed by atoms with Gasteiger partial charge in [-0.2, -0.15) is 0 Å². The van der Waals surface area contributed by atoms with Gasteiger partial charge < -0.3 is 10.6 Å². The van der Waals surface area contributed by atoms with Gasteiger partial charge in [-0.1, -0.05) is 6.92 Å². The maximum absolute atomic E-state index is 3.44. The minimum absolute atomic E-state index is 0.240. The molecule has 0 aromatic carbocycles. The zero-order valence-corrected chi connectivity index (χ0v) is 8.49. The van der Waals surface area contributed by atoms with Crippen molar-refractivity contribution in [2.75, 3.05) is 13.1 Å². The monoisotopic (exact) mass is 158 g/mol. The molecular weight excluding hydrogens is 136 g/mol. The highest BCUT2D eigenvalue weighted by atomic mass is 15.0. The van der Waals surface area contributed by atoms with Crippen LogP contribution in [0.15, 0.2) is 0 Å². The van der Waals surface area contributed by atoms with Crippen LogP contribution < -0.4 is 10.6 Å². The van der Waals surface area contributed by atoms with Crippen LogP contribution in [0.1, 0.15) is 34.6 Å². The first-order valence-corrected chi connectivity index (χ1v) is 4.44. The lowest BCUT2D eigenvalue weighted by atomic mass is 10.1. The molecule has 2 heteroatoms. The van der Waals surface area contributed by atoms with Gasteiger partial charge in [0.15, 0.2) is 0 Å². The average molecular weight is 158 g/mol. The lowest BCUT2D eigenvalue weighted by Gasteiger charge is -2.23. The Labute approximate surface area is 70.8 Å². The Hall–Kier alpha value is -0.0800. The van der Waals surface area contributed by atoms with Crippen molar-refractivity contribution in [3.63, 3.8) is 0 Å². The molecule has 0 rings (SSSR count). The zero-order valence-electron chi connectivity index (χ0n) is 8.49. The lowest BCUT2D eigenvalue weighted by Crippen LogP contribution is -2.44. The molecule has 0 heterocycles. The van der Waals surface area contributed by atoms with E-state index in [9.17, 15) is 0 Å². The number of likely N-dealkylation sites (N-methyl/N-ethyl adjacent to an activating group) is 1. The summed E-state index contributed by atoms with van der Waals surface area (Å²) in [4.78, 5) is 0. The normalized spacial score (nSPS) is 15.0. The molecule has 0 saturated carbocycles. The Balaban J connectivity index is 3.38. The summed E-state index contributed by atoms with van der Waals surface area (Å²) < 4.78 is 0. The van der Waals surface area contributed by atoms with Gasteiger partial charge in [0, 0.05) is 18.1 Å². The van der Waals surface area contributed by atoms with Crippen molar-refractivity contribution in [1.82, 2.24) is 10.6 Å². The van der Waals surface area contributed by atoms with Crippen molar-refractivity contribution in [2.45, 2.75) is 46.2 Å². The van der Waals surface area contributed by atoms with Gasteiger partial charge in [-0.15, -0.1) is 0 Å². The predicted molar refractivity (Wildman–Crippen MR) is 50.9 cm³/mol. The van der Waals surface area contributed by atoms with Crippen LogP contribution in [0.5, 0.6) is 0 Å². The molecule has 2 N–H and O–H groups in total. The molecule has 1 unspecified atom stereocenters. The molecule has 0 aromatic heterocycles. The van der Waals surface area contributed by atoms with Crippen molar-refractivity contribution in [1.29, 1.82) is 0 Å². The van der Waals surface area contributed by atoms with Crippen LogP contribution in [0.2, 0.25) is 0 Å². The van der Waals surface area contributed by atoms with Gasteiger partial charge in [0.2, 0.25) is 0 Å². The van der Waals surface area contributed by atoms with E-state index in [1.54, 1.807) is 0 Å². The number of hydrogen-bond donors (Lipinski definition) is 2. The maximum Gasteiger partial charge on any atom is 0.0164 e. The summed E-state index contributed by atoms with van der Waals surface area (Å²) in [5, 5.41) is 6.80. The minimum atomic E-state index is 0.240. The molecule has 68 valence electrons. The fraction of sp³-hybridized carbons (Fsp3) is 1.00. The molecule has 0 radical (unpaired) electrons. The fourth-order valence-electron chi connectivity index (χ4n) is 0.880. The number of nitrogens with one attached hydrogen (secondary N) is 2. The Bertz CT molecular complexity index is 94.2. The SMILES string of the molecule is CCNC(C)CNC(C)(C)C. The topological polar surface area (TPSA) is 24.1 Å². The highest BCUT2D eigenvalue weighted by Gasteiger charge is 2.09. The third-order valence-corrected chi connectivity index (χ3v) is 1.49. The van der Waals surface area contributed by atoms with Crippen LogP contribution in [-0.4, -0.2) is 24.7 Å². The summed E-state index contributed by atoms with van der Waals surface area (Å²) in [5.41, 5.74) is 0.240. The second kappa shape index (κ2) is 4.73. The van der Waals surface area contributed by atoms with Crippen molar-refractivity contribution in [3.8, 4) is 0 Å². The summed E-state index contributed by atoms with van der Waals surface area (Å²) in [5.74, 6) is 0. The second-order valence-corrected chi connectivity index (χ2v) is 4.09. The van der Waals surface area contributed by atoms with Gasteiger partial charge in [0.05, 0.1) is 0 Å². The molecule has 11 heavy (non-hydrogen) atoms. The molecule has 1 atom stereocenters. The Morgan fingerprint density at radius 1 is 1.27 bits per heavy atom. The van der Waals surface area contributed by atoms with Crippen molar-refractivity contribution < 1.29 is 0 Å². The average Bonchev–Trinajstić information content (AvgIpc) is 1.83. The van der Waals surface area contributed by atoms with Gasteiger partial charge >= 0.3 is 0 Å². The molecule has 0 fully saturated rings. The van der Waals surface area contributed by atoms with Gasteiger partial charge in [-0.25, -0.2) is 0 Å². The molecule has 0 aromatic rings. The Morgan fingerprint density at radius 2 is 1.82 bits per heavy atom. The summed E-state index contributed by atoms with van der Waals surface area (Å²) in [6.07, 6.45) is 0. The van der Waals surface area contributed by atoms with Crippen molar-refractivity contribution in [2.24, 2.45) is 0 Å². The largest absolute Gasteiger partial charge is 0.313 e. The number of rotatable bonds is 4. The van der Waals surface area contributed by atoms with Gasteiger partial charge in [-0.3, -0.25) is 0 Å². The lowest BCUT2D eigenvalue weighted by molar-refractivity contribution is 0.391. The first-order chi connectivity index (χ1) is 4.95. The van der Waals surface area contributed by atoms with E-state index in [0.29, 0.717) is 6.04 Å². The van der Waals surface area contributed by atoms with Gasteiger partial charge in [-0.05, 0) is 34.2 Å². The highest BCUT2D eigenvalue weighted by Crippen LogP contribution is 1.97. The number of hydrogen-bond acceptors (Lipinski definition) is 2. The van der Waals surface area contributed by atoms with Crippen LogP contribution >= 0.6 is 0 Å². The van der Waals surface area contributed by atoms with E-state index in [4.69, 9.17) is 0 Å². The molecule has 0 aliphatic carbocycles. The molecule has 0 amide bonds. The van der Waals surface area contributed by atoms with Crippen LogP contribution in [0.4, 0.5) is 0 Å². The Morgan fingerprint density at radius 3 is 2.18 bits per heavy atom. The molecule has 2 nitrogen and oxygen atoms in total. The van der Waals surface area contributed by atoms with Crippen molar-refractivity contribution >= 4 is 0 Å². The minimum Gasteiger partial charge on any atom is -0.313 e. The molecule has 0 spiro atoms. The summed E-state index contributed by atoms with van der Waals surface area (Å²) >= 11 is 0. The first-order valence-electron chi connectivity index (χ1n) is 4.44. The van der Waals surface area contributed by atoms with E-state index in [2.05, 4.69) is 45.3 Å². The van der Waals surface area contributed by atoms with E-state index >= 15 is 0 Å². The van der Waals surface area contributed by atoms with Crippen LogP contribution in [0, 0.1) is 0 Å². The van der Waals surface area contributed by atoms with Crippen LogP contribution in [0.25, 0.3) is 0 Å². The van der Waals surface area contributed by atoms with E-state index in [-0.39, 0.29) is 5.54 Å². The third-order valence-electron chi connectivity index (χ3n) is 1.49. The highest BCUT2D eigenvalue weighted by molar-refractivity contribution is 4.73. The van der Waals surface area contributed by atoms with E-state index in [0.717, 1.165) is 13.1 Å². The smallest absolute Gasteiger partial charge is 0.0164 e. The van der Waals surface area contributed by atoms with E-state index < -0.39 is 0 Å². The quantitative estimate of drug-likeness (QED) is 0.646. The summed E-state index contributed by atoms with van der Waals surface area (Å²) in [6.45, 7) is 13.0. The standard InChI is InChI=1S/C9H22N2/c1-6-10-8(2)7-11-9(3,4)5/h8,10-11H,6-7H2,1-5H3. The second-order valence-electron chi connectivity index (χ2n) is 4.09. The maximum atomic E-state index is 3.44. The van der Waals surface area contributed by atoms with E-state index in [1.165, 1.54) is 0 Å². The van der Waals surface area contributed by atoms with E-state index in [1.807, 2.05) is 0 Å². The summed E-state index contributed by atoms with van der Waals surface area (Å²) in [6, 6.07) is 0.569. The first kappa shape index (κ1) is 10.9.